The standard InChI is InChI=1S/C15H14ClFN2O2S/c16-12-2-1-3-13(17)11(12)8-14(20)19-6-4-10(9-19)21-15-18-5-7-22-15/h1-3,5,7,10H,4,6,8-9H2. The van der Waals surface area contributed by atoms with Crippen LogP contribution in [0.4, 0.5) is 4.39 Å². The minimum absolute atomic E-state index is 0.0323. The van der Waals surface area contributed by atoms with E-state index in [-0.39, 0.29) is 29.0 Å². The van der Waals surface area contributed by atoms with E-state index in [1.165, 1.54) is 23.5 Å². The number of benzene rings is 1. The summed E-state index contributed by atoms with van der Waals surface area (Å²) in [5.41, 5.74) is 0.249. The van der Waals surface area contributed by atoms with E-state index in [1.54, 1.807) is 17.2 Å². The molecule has 2 aromatic rings. The molecule has 2 heterocycles. The van der Waals surface area contributed by atoms with Crippen LogP contribution in [-0.4, -0.2) is 35.0 Å². The summed E-state index contributed by atoms with van der Waals surface area (Å²) < 4.78 is 19.4. The largest absolute Gasteiger partial charge is 0.465 e. The summed E-state index contributed by atoms with van der Waals surface area (Å²) in [4.78, 5) is 18.0. The molecule has 22 heavy (non-hydrogen) atoms. The summed E-state index contributed by atoms with van der Waals surface area (Å²) in [6, 6.07) is 4.43. The second-order valence-electron chi connectivity index (χ2n) is 5.04. The highest BCUT2D eigenvalue weighted by molar-refractivity contribution is 7.11. The predicted molar refractivity (Wildman–Crippen MR) is 82.8 cm³/mol. The fourth-order valence-corrected chi connectivity index (χ4v) is 3.21. The Morgan fingerprint density at radius 1 is 1.55 bits per heavy atom. The Bertz CT molecular complexity index is 645. The zero-order chi connectivity index (χ0) is 15.5. The fourth-order valence-electron chi connectivity index (χ4n) is 2.43. The molecule has 0 aliphatic carbocycles. The van der Waals surface area contributed by atoms with Crippen LogP contribution in [0.1, 0.15) is 12.0 Å². The number of rotatable bonds is 4. The Kier molecular flexibility index (Phi) is 4.59. The average molecular weight is 341 g/mol. The van der Waals surface area contributed by atoms with Gasteiger partial charge in [0.1, 0.15) is 11.9 Å². The average Bonchev–Trinajstić information content (AvgIpc) is 3.15. The third kappa shape index (κ3) is 3.39. The molecular formula is C15H14ClFN2O2S. The number of ether oxygens (including phenoxy) is 1. The maximum absolute atomic E-state index is 13.7. The van der Waals surface area contributed by atoms with Gasteiger partial charge in [-0.2, -0.15) is 0 Å². The maximum Gasteiger partial charge on any atom is 0.273 e. The van der Waals surface area contributed by atoms with Gasteiger partial charge in [0.2, 0.25) is 5.91 Å². The van der Waals surface area contributed by atoms with Gasteiger partial charge in [-0.3, -0.25) is 4.79 Å². The summed E-state index contributed by atoms with van der Waals surface area (Å²) in [6.07, 6.45) is 2.33. The van der Waals surface area contributed by atoms with Gasteiger partial charge in [-0.15, -0.1) is 0 Å². The van der Waals surface area contributed by atoms with E-state index in [2.05, 4.69) is 4.98 Å². The molecule has 0 N–H and O–H groups in total. The molecule has 0 bridgehead atoms. The van der Waals surface area contributed by atoms with E-state index < -0.39 is 5.82 Å². The SMILES string of the molecule is O=C(Cc1c(F)cccc1Cl)N1CCC(Oc2nccs2)C1. The number of hydrogen-bond donors (Lipinski definition) is 0. The lowest BCUT2D eigenvalue weighted by molar-refractivity contribution is -0.129. The van der Waals surface area contributed by atoms with Crippen molar-refractivity contribution in [3.8, 4) is 5.19 Å². The molecule has 7 heteroatoms. The van der Waals surface area contributed by atoms with Crippen LogP contribution < -0.4 is 4.74 Å². The van der Waals surface area contributed by atoms with E-state index in [0.717, 1.165) is 6.42 Å². The van der Waals surface area contributed by atoms with Crippen LogP contribution in [0.2, 0.25) is 5.02 Å². The van der Waals surface area contributed by atoms with Crippen molar-refractivity contribution >= 4 is 28.8 Å². The summed E-state index contributed by atoms with van der Waals surface area (Å²) in [6.45, 7) is 1.09. The van der Waals surface area contributed by atoms with Gasteiger partial charge in [0.25, 0.3) is 5.19 Å². The third-order valence-electron chi connectivity index (χ3n) is 3.56. The van der Waals surface area contributed by atoms with Crippen molar-refractivity contribution in [3.05, 3.63) is 46.2 Å². The first-order valence-corrected chi connectivity index (χ1v) is 8.16. The molecular weight excluding hydrogens is 327 g/mol. The lowest BCUT2D eigenvalue weighted by atomic mass is 10.1. The molecule has 0 saturated carbocycles. The minimum atomic E-state index is -0.448. The molecule has 4 nitrogen and oxygen atoms in total. The number of carbonyl (C=O) groups is 1. The number of thiazole rings is 1. The molecule has 1 saturated heterocycles. The molecule has 116 valence electrons. The highest BCUT2D eigenvalue weighted by atomic mass is 35.5. The smallest absolute Gasteiger partial charge is 0.273 e. The molecule has 0 radical (unpaired) electrons. The number of carbonyl (C=O) groups excluding carboxylic acids is 1. The first-order valence-electron chi connectivity index (χ1n) is 6.90. The van der Waals surface area contributed by atoms with Crippen LogP contribution in [0.3, 0.4) is 0 Å². The van der Waals surface area contributed by atoms with E-state index >= 15 is 0 Å². The van der Waals surface area contributed by atoms with Crippen molar-refractivity contribution in [2.24, 2.45) is 0 Å². The van der Waals surface area contributed by atoms with Gasteiger partial charge in [-0.05, 0) is 12.1 Å². The van der Waals surface area contributed by atoms with Crippen molar-refractivity contribution in [1.29, 1.82) is 0 Å². The predicted octanol–water partition coefficient (Wildman–Crippen LogP) is 3.16. The zero-order valence-electron chi connectivity index (χ0n) is 11.7. The lowest BCUT2D eigenvalue weighted by Gasteiger charge is -2.17. The van der Waals surface area contributed by atoms with E-state index in [9.17, 15) is 9.18 Å². The Balaban J connectivity index is 1.60. The first kappa shape index (κ1) is 15.2. The number of hydrogen-bond acceptors (Lipinski definition) is 4. The molecule has 1 unspecified atom stereocenters. The number of amides is 1. The second-order valence-corrected chi connectivity index (χ2v) is 6.31. The first-order chi connectivity index (χ1) is 10.6. The van der Waals surface area contributed by atoms with Crippen molar-refractivity contribution in [2.75, 3.05) is 13.1 Å². The third-order valence-corrected chi connectivity index (χ3v) is 4.58. The van der Waals surface area contributed by atoms with Crippen LogP contribution in [0.15, 0.2) is 29.8 Å². The molecule has 1 aliphatic rings. The van der Waals surface area contributed by atoms with Crippen molar-refractivity contribution < 1.29 is 13.9 Å². The summed E-state index contributed by atoms with van der Waals surface area (Å²) >= 11 is 7.38. The van der Waals surface area contributed by atoms with E-state index in [1.807, 2.05) is 5.38 Å². The summed E-state index contributed by atoms with van der Waals surface area (Å²) in [5, 5.41) is 2.73. The number of nitrogens with zero attached hydrogens (tertiary/aromatic N) is 2. The summed E-state index contributed by atoms with van der Waals surface area (Å²) in [5.74, 6) is -0.590. The Labute approximate surface area is 136 Å². The van der Waals surface area contributed by atoms with E-state index in [0.29, 0.717) is 18.3 Å². The monoisotopic (exact) mass is 340 g/mol. The molecule has 1 atom stereocenters. The van der Waals surface area contributed by atoms with Crippen molar-refractivity contribution in [1.82, 2.24) is 9.88 Å². The van der Waals surface area contributed by atoms with Crippen LogP contribution in [0.25, 0.3) is 0 Å². The zero-order valence-corrected chi connectivity index (χ0v) is 13.2. The van der Waals surface area contributed by atoms with Gasteiger partial charge in [0.05, 0.1) is 13.0 Å². The van der Waals surface area contributed by atoms with Crippen molar-refractivity contribution in [2.45, 2.75) is 18.9 Å². The second kappa shape index (κ2) is 6.62. The number of aromatic nitrogens is 1. The van der Waals surface area contributed by atoms with Gasteiger partial charge in [0.15, 0.2) is 0 Å². The lowest BCUT2D eigenvalue weighted by Crippen LogP contribution is -2.32. The van der Waals surface area contributed by atoms with Gasteiger partial charge >= 0.3 is 0 Å². The number of likely N-dealkylation sites (tertiary alicyclic amines) is 1. The molecule has 1 fully saturated rings. The van der Waals surface area contributed by atoms with Gasteiger partial charge in [-0.1, -0.05) is 29.0 Å². The van der Waals surface area contributed by atoms with Crippen LogP contribution in [-0.2, 0) is 11.2 Å². The van der Waals surface area contributed by atoms with Crippen LogP contribution >= 0.6 is 22.9 Å². The molecule has 1 aromatic carbocycles. The summed E-state index contributed by atoms with van der Waals surface area (Å²) in [7, 11) is 0. The molecule has 1 amide bonds. The Morgan fingerprint density at radius 3 is 3.14 bits per heavy atom. The normalized spacial score (nSPS) is 17.7. The van der Waals surface area contributed by atoms with Gasteiger partial charge < -0.3 is 9.64 Å². The fraction of sp³-hybridized carbons (Fsp3) is 0.333. The molecule has 0 spiro atoms. The minimum Gasteiger partial charge on any atom is -0.465 e. The van der Waals surface area contributed by atoms with Gasteiger partial charge in [-0.25, -0.2) is 9.37 Å². The quantitative estimate of drug-likeness (QED) is 0.858. The molecule has 1 aromatic heterocycles. The van der Waals surface area contributed by atoms with Crippen molar-refractivity contribution in [3.63, 3.8) is 0 Å². The Hall–Kier alpha value is -1.66. The van der Waals surface area contributed by atoms with Gasteiger partial charge in [0, 0.05) is 35.1 Å². The highest BCUT2D eigenvalue weighted by Gasteiger charge is 2.28. The molecule has 3 rings (SSSR count). The Morgan fingerprint density at radius 2 is 2.41 bits per heavy atom. The van der Waals surface area contributed by atoms with E-state index in [4.69, 9.17) is 16.3 Å². The van der Waals surface area contributed by atoms with Crippen LogP contribution in [0.5, 0.6) is 5.19 Å². The maximum atomic E-state index is 13.7. The van der Waals surface area contributed by atoms with Crippen LogP contribution in [0, 0.1) is 5.82 Å². The topological polar surface area (TPSA) is 42.4 Å². The molecule has 1 aliphatic heterocycles. The highest BCUT2D eigenvalue weighted by Crippen LogP contribution is 2.23. The number of halogens is 2.